The summed E-state index contributed by atoms with van der Waals surface area (Å²) in [6.45, 7) is 2.51. The van der Waals surface area contributed by atoms with Crippen molar-refractivity contribution in [2.75, 3.05) is 31.9 Å². The van der Waals surface area contributed by atoms with Crippen LogP contribution in [0.15, 0.2) is 33.3 Å². The maximum atomic E-state index is 14.2. The lowest BCUT2D eigenvalue weighted by Crippen LogP contribution is -2.35. The number of ether oxygens (including phenoxy) is 2. The fourth-order valence-corrected chi connectivity index (χ4v) is 7.72. The Morgan fingerprint density at radius 2 is 1.77 bits per heavy atom. The van der Waals surface area contributed by atoms with Crippen LogP contribution in [-0.2, 0) is 35.3 Å². The maximum Gasteiger partial charge on any atom is 0.355 e. The molecule has 22 nitrogen and oxygen atoms in total. The topological polar surface area (TPSA) is 327 Å². The number of aliphatic carboxylic acids is 1. The minimum absolute atomic E-state index is 0.0412. The Hall–Kier alpha value is -5.18. The van der Waals surface area contributed by atoms with Gasteiger partial charge in [-0.3, -0.25) is 19.5 Å². The molecule has 1 aromatic carbocycles. The number of amides is 2. The van der Waals surface area contributed by atoms with Crippen molar-refractivity contribution in [3.63, 3.8) is 0 Å². The van der Waals surface area contributed by atoms with E-state index in [4.69, 9.17) is 53.5 Å². The molecule has 61 heavy (non-hydrogen) atoms. The van der Waals surface area contributed by atoms with Crippen molar-refractivity contribution in [3.05, 3.63) is 67.0 Å². The first-order valence-corrected chi connectivity index (χ1v) is 22.1. The number of hydrogen-bond donors (Lipinski definition) is 6. The monoisotopic (exact) mass is 965 g/mol. The molecule has 4 rings (SSSR count). The van der Waals surface area contributed by atoms with Crippen molar-refractivity contribution in [2.45, 2.75) is 56.5 Å². The van der Waals surface area contributed by atoms with Crippen molar-refractivity contribution < 1.29 is 69.9 Å². The first kappa shape index (κ1) is 52.0. The van der Waals surface area contributed by atoms with E-state index in [1.807, 2.05) is 0 Å². The van der Waals surface area contributed by atoms with E-state index in [1.165, 1.54) is 33.0 Å². The fourth-order valence-electron chi connectivity index (χ4n) is 4.34. The number of hydrogen-bond acceptors (Lipinski definition) is 16. The number of anilines is 1. The molecule has 0 spiro atoms. The van der Waals surface area contributed by atoms with Crippen LogP contribution in [0.1, 0.15) is 46.8 Å². The molecule has 3 unspecified atom stereocenters. The summed E-state index contributed by atoms with van der Waals surface area (Å²) in [5.74, 6) is -4.46. The van der Waals surface area contributed by atoms with Gasteiger partial charge < -0.3 is 30.3 Å². The molecular weight excluding hydrogens is 929 g/mol. The van der Waals surface area contributed by atoms with E-state index in [0.717, 1.165) is 29.5 Å². The second-order valence-corrected chi connectivity index (χ2v) is 17.9. The molecule has 30 heteroatoms. The van der Waals surface area contributed by atoms with Gasteiger partial charge in [-0.1, -0.05) is 11.6 Å². The molecule has 3 aromatic heterocycles. The van der Waals surface area contributed by atoms with Crippen LogP contribution in [0.25, 0.3) is 5.69 Å². The molecule has 0 bridgehead atoms. The summed E-state index contributed by atoms with van der Waals surface area (Å²) in [7, 11) is -6.16. The lowest BCUT2D eigenvalue weighted by Gasteiger charge is -2.12. The number of carbonyl (C=O) groups excluding carboxylic acids is 2. The van der Waals surface area contributed by atoms with Gasteiger partial charge in [-0.15, -0.1) is 28.0 Å². The molecule has 4 aromatic rings. The number of aromatic carboxylic acids is 1. The van der Waals surface area contributed by atoms with Gasteiger partial charge in [-0.05, 0) is 56.3 Å². The fraction of sp³-hybridized carbons (Fsp3) is 0.387. The van der Waals surface area contributed by atoms with E-state index < -0.39 is 80.6 Å². The number of carbonyl (C=O) groups is 4. The van der Waals surface area contributed by atoms with Crippen LogP contribution in [0.2, 0.25) is 5.02 Å². The smallest absolute Gasteiger partial charge is 0.355 e. The molecule has 3 heterocycles. The number of alkyl halides is 3. The van der Waals surface area contributed by atoms with Crippen LogP contribution in [0.4, 0.5) is 23.9 Å². The number of halogens is 5. The molecule has 0 fully saturated rings. The number of methoxy groups -OCH3 is 1. The number of esters is 1. The molecule has 0 saturated carbocycles. The Morgan fingerprint density at radius 1 is 1.13 bits per heavy atom. The number of sulfonamides is 1. The number of aryl methyl sites for hydroxylation is 2. The zero-order chi connectivity index (χ0) is 46.6. The summed E-state index contributed by atoms with van der Waals surface area (Å²) in [6.07, 6.45) is -0.115. The highest BCUT2D eigenvalue weighted by molar-refractivity contribution is 7.90. The van der Waals surface area contributed by atoms with Gasteiger partial charge in [0.05, 0.1) is 13.7 Å². The Kier molecular flexibility index (Phi) is 19.3. The molecule has 3 atom stereocenters. The number of nitrogens with one attached hydrogen (secondary N) is 2. The summed E-state index contributed by atoms with van der Waals surface area (Å²) in [4.78, 5) is 75.8. The maximum absolute atomic E-state index is 14.2. The van der Waals surface area contributed by atoms with Crippen LogP contribution in [0.5, 0.6) is 6.01 Å². The largest absolute Gasteiger partial charge is 0.480 e. The first-order valence-electron chi connectivity index (χ1n) is 16.7. The number of rotatable bonds is 15. The van der Waals surface area contributed by atoms with E-state index in [2.05, 4.69) is 25.4 Å². The molecule has 0 saturated heterocycles. The predicted octanol–water partition coefficient (Wildman–Crippen LogP) is 3.39. The zero-order valence-corrected chi connectivity index (χ0v) is 36.2. The molecular formula is C31H37Cl2F3N9O13PS2. The number of carboxylic acid groups (broad SMARTS) is 2. The summed E-state index contributed by atoms with van der Waals surface area (Å²) in [6, 6.07) is 0.854. The minimum Gasteiger partial charge on any atom is -0.480 e. The van der Waals surface area contributed by atoms with E-state index in [1.54, 1.807) is 11.6 Å². The number of nitrogens with two attached hydrogens (primary N) is 1. The van der Waals surface area contributed by atoms with E-state index in [9.17, 15) is 50.1 Å². The summed E-state index contributed by atoms with van der Waals surface area (Å²) in [5, 5.41) is 23.2. The van der Waals surface area contributed by atoms with E-state index in [-0.39, 0.29) is 70.1 Å². The van der Waals surface area contributed by atoms with Gasteiger partial charge in [0.2, 0.25) is 5.95 Å². The van der Waals surface area contributed by atoms with Gasteiger partial charge in [0, 0.05) is 24.3 Å². The number of benzene rings is 1. The third-order valence-electron chi connectivity index (χ3n) is 7.11. The molecule has 2 amide bonds. The lowest BCUT2D eigenvalue weighted by atomic mass is 10.1. The van der Waals surface area contributed by atoms with Crippen LogP contribution >= 0.6 is 41.9 Å². The highest BCUT2D eigenvalue weighted by Gasteiger charge is 2.27. The van der Waals surface area contributed by atoms with Crippen LogP contribution in [0, 0.1) is 19.7 Å². The SMILES string of the molecule is CCOC(=O)C(Cl)Cc1cc(-n2nc(C)n(C(F)F)c2=O)c(F)cc1Cl.COc1nc(C)nc(NC(=O)NS(=O)(=O)c2ccsc2C(=O)O)n1.CP(=O)(O)CCC(N)C(=O)O. The van der Waals surface area contributed by atoms with E-state index >= 15 is 0 Å². The highest BCUT2D eigenvalue weighted by atomic mass is 35.5. The van der Waals surface area contributed by atoms with Gasteiger partial charge in [-0.2, -0.15) is 28.4 Å². The average Bonchev–Trinajstić information content (AvgIpc) is 3.76. The summed E-state index contributed by atoms with van der Waals surface area (Å²) in [5.41, 5.74) is 3.73. The minimum atomic E-state index is -4.37. The number of thiophene rings is 1. The summed E-state index contributed by atoms with van der Waals surface area (Å²) < 4.78 is 86.8. The quantitative estimate of drug-likeness (QED) is 0.0565. The Labute approximate surface area is 357 Å². The van der Waals surface area contributed by atoms with Crippen LogP contribution in [-0.4, -0.2) is 115 Å². The van der Waals surface area contributed by atoms with Gasteiger partial charge in [0.25, 0.3) is 10.0 Å². The van der Waals surface area contributed by atoms with Crippen molar-refractivity contribution in [3.8, 4) is 11.7 Å². The molecule has 0 aliphatic carbocycles. The molecule has 0 aliphatic rings. The molecule has 7 N–H and O–H groups in total. The molecule has 0 aliphatic heterocycles. The number of nitrogens with zero attached hydrogens (tertiary/aromatic N) is 6. The van der Waals surface area contributed by atoms with E-state index in [0.29, 0.717) is 4.68 Å². The Morgan fingerprint density at radius 3 is 2.30 bits per heavy atom. The Balaban J connectivity index is 0.000000340. The number of urea groups is 1. The number of carboxylic acids is 2. The average molecular weight is 967 g/mol. The zero-order valence-electron chi connectivity index (χ0n) is 32.2. The normalized spacial score (nSPS) is 13.0. The van der Waals surface area contributed by atoms with Gasteiger partial charge in [0.15, 0.2) is 13.2 Å². The lowest BCUT2D eigenvalue weighted by molar-refractivity contribution is -0.142. The third kappa shape index (κ3) is 15.7. The van der Waals surface area contributed by atoms with Gasteiger partial charge in [-0.25, -0.2) is 36.5 Å². The van der Waals surface area contributed by atoms with Crippen LogP contribution < -0.4 is 26.2 Å². The van der Waals surface area contributed by atoms with Crippen molar-refractivity contribution in [1.82, 2.24) is 34.0 Å². The van der Waals surface area contributed by atoms with Crippen molar-refractivity contribution >= 4 is 81.8 Å². The number of aromatic nitrogens is 6. The molecule has 336 valence electrons. The molecule has 0 radical (unpaired) electrons. The second-order valence-electron chi connectivity index (χ2n) is 11.9. The van der Waals surface area contributed by atoms with Crippen LogP contribution in [0.3, 0.4) is 0 Å². The first-order chi connectivity index (χ1) is 28.2. The predicted molar refractivity (Wildman–Crippen MR) is 211 cm³/mol. The third-order valence-corrected chi connectivity index (χ3v) is 11.3. The standard InChI is InChI=1S/C15H14Cl2F3N3O3.C11H11N5O6S2.C5H12NO4P/c1-3-26-13(24)10(17)4-8-5-12(11(18)6-9(8)16)23-15(25)22(14(19)20)7(2)21-23;1-5-12-9(15-11(13-5)22-2)14-10(19)16-24(20,21)6-3-4-23-7(6)8(17)18;1-11(9,10)3-2-4(6)5(7)8/h5-6,10,14H,3-4H2,1-2H3;3-4H,1-2H3,(H,17,18)(H2,12,13,14,15,16,19);4H,2-3,6H2,1H3,(H,7,8)(H,9,10). The second kappa shape index (κ2) is 22.6. The van der Waals surface area contributed by atoms with Gasteiger partial charge in [0.1, 0.15) is 38.5 Å². The van der Waals surface area contributed by atoms with Crippen molar-refractivity contribution in [2.24, 2.45) is 5.73 Å². The highest BCUT2D eigenvalue weighted by Crippen LogP contribution is 2.35. The van der Waals surface area contributed by atoms with Gasteiger partial charge >= 0.3 is 42.2 Å². The Bertz CT molecular complexity index is 2450. The van der Waals surface area contributed by atoms with Crippen molar-refractivity contribution in [1.29, 1.82) is 0 Å². The summed E-state index contributed by atoms with van der Waals surface area (Å²) >= 11 is 12.6.